The van der Waals surface area contributed by atoms with E-state index in [0.29, 0.717) is 16.9 Å². The molecule has 3 aromatic rings. The summed E-state index contributed by atoms with van der Waals surface area (Å²) in [4.78, 5) is 42.1. The maximum atomic E-state index is 13.2. The summed E-state index contributed by atoms with van der Waals surface area (Å²) < 4.78 is 13.2. The maximum Gasteiger partial charge on any atom is 0.284 e. The van der Waals surface area contributed by atoms with Crippen LogP contribution in [0.15, 0.2) is 66.9 Å². The molecule has 0 atom stereocenters. The molecule has 0 spiro atoms. The first-order chi connectivity index (χ1) is 13.5. The van der Waals surface area contributed by atoms with Crippen molar-refractivity contribution in [2.45, 2.75) is 6.42 Å². The van der Waals surface area contributed by atoms with Gasteiger partial charge in [0.1, 0.15) is 11.5 Å². The quantitative estimate of drug-likeness (QED) is 0.710. The van der Waals surface area contributed by atoms with Gasteiger partial charge in [0.2, 0.25) is 5.91 Å². The van der Waals surface area contributed by atoms with Crippen LogP contribution in [0.25, 0.3) is 0 Å². The third-order valence-corrected chi connectivity index (χ3v) is 4.31. The number of hydrogen-bond donors (Lipinski definition) is 1. The van der Waals surface area contributed by atoms with E-state index in [1.807, 2.05) is 0 Å². The summed E-state index contributed by atoms with van der Waals surface area (Å²) in [5.41, 5.74) is 1.84. The second-order valence-corrected chi connectivity index (χ2v) is 6.25. The molecule has 3 amide bonds. The van der Waals surface area contributed by atoms with Gasteiger partial charge in [-0.25, -0.2) is 9.29 Å². The van der Waals surface area contributed by atoms with Gasteiger partial charge in [-0.2, -0.15) is 0 Å². The van der Waals surface area contributed by atoms with Crippen LogP contribution in [0.2, 0.25) is 0 Å². The van der Waals surface area contributed by atoms with Crippen LogP contribution in [0, 0.1) is 5.82 Å². The van der Waals surface area contributed by atoms with E-state index in [9.17, 15) is 18.8 Å². The van der Waals surface area contributed by atoms with Crippen LogP contribution < -0.4 is 10.2 Å². The Kier molecular flexibility index (Phi) is 4.41. The first kappa shape index (κ1) is 17.5. The molecule has 2 heterocycles. The molecule has 0 saturated carbocycles. The van der Waals surface area contributed by atoms with Crippen LogP contribution >= 0.6 is 0 Å². The van der Waals surface area contributed by atoms with Crippen LogP contribution in [-0.4, -0.2) is 22.7 Å². The highest BCUT2D eigenvalue weighted by molar-refractivity contribution is 6.33. The average molecular weight is 375 g/mol. The topological polar surface area (TPSA) is 79.4 Å². The lowest BCUT2D eigenvalue weighted by Gasteiger charge is -2.14. The number of carbonyl (C=O) groups excluding carboxylic acids is 3. The molecule has 2 aromatic carbocycles. The molecule has 0 radical (unpaired) electrons. The zero-order valence-electron chi connectivity index (χ0n) is 14.6. The van der Waals surface area contributed by atoms with Crippen molar-refractivity contribution >= 4 is 29.1 Å². The van der Waals surface area contributed by atoms with E-state index in [1.165, 1.54) is 18.3 Å². The van der Waals surface area contributed by atoms with Gasteiger partial charge in [0.05, 0.1) is 17.7 Å². The fraction of sp³-hybridized carbons (Fsp3) is 0.0476. The number of hydrogen-bond acceptors (Lipinski definition) is 4. The minimum atomic E-state index is -0.483. The second-order valence-electron chi connectivity index (χ2n) is 6.25. The molecule has 0 fully saturated rings. The Morgan fingerprint density at radius 1 is 1.00 bits per heavy atom. The van der Waals surface area contributed by atoms with Gasteiger partial charge >= 0.3 is 0 Å². The van der Waals surface area contributed by atoms with Crippen LogP contribution in [0.5, 0.6) is 0 Å². The number of imide groups is 1. The SMILES string of the molecule is O=C(Cc1cccc(F)c1)Nc1ccc(N2C(=O)c3cccnc3C2=O)cc1. The van der Waals surface area contributed by atoms with E-state index in [2.05, 4.69) is 10.3 Å². The van der Waals surface area contributed by atoms with Crippen molar-refractivity contribution < 1.29 is 18.8 Å². The van der Waals surface area contributed by atoms with Crippen molar-refractivity contribution in [3.8, 4) is 0 Å². The van der Waals surface area contributed by atoms with Crippen LogP contribution in [0.4, 0.5) is 15.8 Å². The Morgan fingerprint density at radius 3 is 2.50 bits per heavy atom. The van der Waals surface area contributed by atoms with E-state index in [0.717, 1.165) is 4.90 Å². The van der Waals surface area contributed by atoms with E-state index < -0.39 is 17.6 Å². The van der Waals surface area contributed by atoms with E-state index in [1.54, 1.807) is 48.5 Å². The summed E-state index contributed by atoms with van der Waals surface area (Å²) in [5.74, 6) is -1.62. The molecule has 28 heavy (non-hydrogen) atoms. The third-order valence-electron chi connectivity index (χ3n) is 4.31. The highest BCUT2D eigenvalue weighted by Crippen LogP contribution is 2.27. The number of nitrogens with zero attached hydrogens (tertiary/aromatic N) is 2. The van der Waals surface area contributed by atoms with Gasteiger partial charge in [0.25, 0.3) is 11.8 Å². The molecule has 0 saturated heterocycles. The number of carbonyl (C=O) groups is 3. The molecule has 6 nitrogen and oxygen atoms in total. The summed E-state index contributed by atoms with van der Waals surface area (Å²) in [5, 5.41) is 2.71. The first-order valence-corrected chi connectivity index (χ1v) is 8.51. The molecule has 0 bridgehead atoms. The number of fused-ring (bicyclic) bond motifs is 1. The van der Waals surface area contributed by atoms with Gasteiger partial charge < -0.3 is 5.32 Å². The number of anilines is 2. The van der Waals surface area contributed by atoms with Gasteiger partial charge in [-0.15, -0.1) is 0 Å². The molecule has 1 aliphatic rings. The number of halogens is 1. The van der Waals surface area contributed by atoms with Gasteiger partial charge in [-0.1, -0.05) is 12.1 Å². The highest BCUT2D eigenvalue weighted by atomic mass is 19.1. The van der Waals surface area contributed by atoms with Crippen LogP contribution in [0.1, 0.15) is 26.4 Å². The molecule has 138 valence electrons. The predicted octanol–water partition coefficient (Wildman–Crippen LogP) is 3.20. The molecule has 1 aromatic heterocycles. The zero-order valence-corrected chi connectivity index (χ0v) is 14.6. The lowest BCUT2D eigenvalue weighted by Crippen LogP contribution is -2.29. The Bertz CT molecular complexity index is 1060. The van der Waals surface area contributed by atoms with Crippen LogP contribution in [-0.2, 0) is 11.2 Å². The molecule has 4 rings (SSSR count). The lowest BCUT2D eigenvalue weighted by molar-refractivity contribution is -0.115. The fourth-order valence-electron chi connectivity index (χ4n) is 3.03. The van der Waals surface area contributed by atoms with Crippen molar-refractivity contribution in [2.24, 2.45) is 0 Å². The Labute approximate surface area is 159 Å². The van der Waals surface area contributed by atoms with Crippen molar-refractivity contribution in [3.63, 3.8) is 0 Å². The number of nitrogens with one attached hydrogen (secondary N) is 1. The molecule has 1 aliphatic heterocycles. The highest BCUT2D eigenvalue weighted by Gasteiger charge is 2.37. The van der Waals surface area contributed by atoms with Crippen molar-refractivity contribution in [1.29, 1.82) is 0 Å². The zero-order chi connectivity index (χ0) is 19.7. The van der Waals surface area contributed by atoms with Gasteiger partial charge in [-0.3, -0.25) is 19.4 Å². The molecule has 0 unspecified atom stereocenters. The summed E-state index contributed by atoms with van der Waals surface area (Å²) in [6, 6.07) is 15.3. The van der Waals surface area contributed by atoms with E-state index >= 15 is 0 Å². The van der Waals surface area contributed by atoms with Gasteiger partial charge in [0.15, 0.2) is 0 Å². The summed E-state index contributed by atoms with van der Waals surface area (Å²) in [6.45, 7) is 0. The first-order valence-electron chi connectivity index (χ1n) is 8.51. The number of amides is 3. The smallest absolute Gasteiger partial charge is 0.284 e. The minimum Gasteiger partial charge on any atom is -0.326 e. The van der Waals surface area contributed by atoms with Crippen molar-refractivity contribution in [3.05, 3.63) is 89.5 Å². The summed E-state index contributed by atoms with van der Waals surface area (Å²) >= 11 is 0. The average Bonchev–Trinajstić information content (AvgIpc) is 2.93. The predicted molar refractivity (Wildman–Crippen MR) is 101 cm³/mol. The number of aromatic nitrogens is 1. The van der Waals surface area contributed by atoms with E-state index in [-0.39, 0.29) is 23.6 Å². The molecular formula is C21H14FN3O3. The van der Waals surface area contributed by atoms with Crippen LogP contribution in [0.3, 0.4) is 0 Å². The van der Waals surface area contributed by atoms with E-state index in [4.69, 9.17) is 0 Å². The molecule has 7 heteroatoms. The maximum absolute atomic E-state index is 13.2. The Morgan fingerprint density at radius 2 is 1.79 bits per heavy atom. The monoisotopic (exact) mass is 375 g/mol. The minimum absolute atomic E-state index is 0.0313. The Hall–Kier alpha value is -3.87. The molecular weight excluding hydrogens is 361 g/mol. The normalized spacial score (nSPS) is 12.8. The van der Waals surface area contributed by atoms with Gasteiger partial charge in [0, 0.05) is 11.9 Å². The van der Waals surface area contributed by atoms with Crippen molar-refractivity contribution in [1.82, 2.24) is 4.98 Å². The van der Waals surface area contributed by atoms with Crippen molar-refractivity contribution in [2.75, 3.05) is 10.2 Å². The summed E-state index contributed by atoms with van der Waals surface area (Å²) in [6.07, 6.45) is 1.49. The van der Waals surface area contributed by atoms with Gasteiger partial charge in [-0.05, 0) is 54.1 Å². The Balaban J connectivity index is 1.47. The summed E-state index contributed by atoms with van der Waals surface area (Å²) in [7, 11) is 0. The third kappa shape index (κ3) is 3.25. The number of pyridine rings is 1. The second kappa shape index (κ2) is 7.03. The standard InChI is InChI=1S/C21H14FN3O3/c22-14-4-1-3-13(11-14)12-18(26)24-15-6-8-16(9-7-15)25-20(27)17-5-2-10-23-19(17)21(25)28/h1-11H,12H2,(H,24,26). The number of rotatable bonds is 4. The largest absolute Gasteiger partial charge is 0.326 e. The lowest BCUT2D eigenvalue weighted by atomic mass is 10.1. The fourth-order valence-corrected chi connectivity index (χ4v) is 3.03. The molecule has 1 N–H and O–H groups in total. The number of benzene rings is 2. The molecule has 0 aliphatic carbocycles.